The second-order valence-electron chi connectivity index (χ2n) is 4.93. The lowest BCUT2D eigenvalue weighted by atomic mass is 10.3. The highest BCUT2D eigenvalue weighted by Crippen LogP contribution is 2.11. The van der Waals surface area contributed by atoms with Crippen molar-refractivity contribution in [2.24, 2.45) is 0 Å². The summed E-state index contributed by atoms with van der Waals surface area (Å²) < 4.78 is 0. The van der Waals surface area contributed by atoms with E-state index in [2.05, 4.69) is 41.0 Å². The fourth-order valence-corrected chi connectivity index (χ4v) is 1.83. The van der Waals surface area contributed by atoms with E-state index in [0.717, 1.165) is 44.0 Å². The van der Waals surface area contributed by atoms with E-state index in [0.29, 0.717) is 6.04 Å². The molecule has 1 aromatic rings. The summed E-state index contributed by atoms with van der Waals surface area (Å²) in [5, 5.41) is 12.3. The van der Waals surface area contributed by atoms with Crippen LogP contribution in [0.5, 0.6) is 0 Å². The highest BCUT2D eigenvalue weighted by molar-refractivity contribution is 5.31. The van der Waals surface area contributed by atoms with Gasteiger partial charge in [-0.2, -0.15) is 0 Å². The molecule has 0 aromatic carbocycles. The van der Waals surface area contributed by atoms with Gasteiger partial charge in [-0.05, 0) is 33.2 Å². The van der Waals surface area contributed by atoms with Gasteiger partial charge < -0.3 is 15.3 Å². The van der Waals surface area contributed by atoms with Crippen LogP contribution < -0.4 is 10.2 Å². The fourth-order valence-electron chi connectivity index (χ4n) is 1.83. The first-order valence-corrected chi connectivity index (χ1v) is 7.08. The molecule has 1 rings (SSSR count). The molecule has 19 heavy (non-hydrogen) atoms. The summed E-state index contributed by atoms with van der Waals surface area (Å²) in [6.45, 7) is 9.16. The Hall–Kier alpha value is -1.20. The van der Waals surface area contributed by atoms with Crippen molar-refractivity contribution in [3.05, 3.63) is 18.0 Å². The Kier molecular flexibility index (Phi) is 7.36. The number of nitrogens with zero attached hydrogens (tertiary/aromatic N) is 3. The van der Waals surface area contributed by atoms with Crippen molar-refractivity contribution in [3.8, 4) is 0 Å². The number of anilines is 1. The Bertz CT molecular complexity index is 340. The molecule has 108 valence electrons. The van der Waals surface area contributed by atoms with Gasteiger partial charge >= 0.3 is 0 Å². The Labute approximate surface area is 116 Å². The first-order valence-electron chi connectivity index (χ1n) is 7.08. The Morgan fingerprint density at radius 3 is 2.53 bits per heavy atom. The van der Waals surface area contributed by atoms with Crippen molar-refractivity contribution < 1.29 is 5.11 Å². The van der Waals surface area contributed by atoms with Crippen molar-refractivity contribution in [2.75, 3.05) is 24.6 Å². The standard InChI is InChI=1S/C14H26N4O/c1-4-6-15-9-13-10-16-14(17-11-13)18(12(2)3)7-5-8-19/h10-12,15,19H,4-9H2,1-3H3. The van der Waals surface area contributed by atoms with Crippen molar-refractivity contribution in [3.63, 3.8) is 0 Å². The SMILES string of the molecule is CCCNCc1cnc(N(CCCO)C(C)C)nc1. The molecule has 0 aliphatic carbocycles. The highest BCUT2D eigenvalue weighted by Gasteiger charge is 2.12. The van der Waals surface area contributed by atoms with Gasteiger partial charge in [0, 0.05) is 43.7 Å². The van der Waals surface area contributed by atoms with Crippen molar-refractivity contribution in [2.45, 2.75) is 46.2 Å². The van der Waals surface area contributed by atoms with Gasteiger partial charge in [0.2, 0.25) is 5.95 Å². The zero-order valence-electron chi connectivity index (χ0n) is 12.3. The van der Waals surface area contributed by atoms with E-state index in [4.69, 9.17) is 5.11 Å². The summed E-state index contributed by atoms with van der Waals surface area (Å²) in [6, 6.07) is 0.329. The Balaban J connectivity index is 2.61. The van der Waals surface area contributed by atoms with E-state index in [-0.39, 0.29) is 6.61 Å². The van der Waals surface area contributed by atoms with E-state index in [1.54, 1.807) is 0 Å². The molecule has 0 aliphatic heterocycles. The molecule has 0 saturated carbocycles. The van der Waals surface area contributed by atoms with Crippen LogP contribution in [0.4, 0.5) is 5.95 Å². The molecule has 5 nitrogen and oxygen atoms in total. The molecular weight excluding hydrogens is 240 g/mol. The summed E-state index contributed by atoms with van der Waals surface area (Å²) in [5.74, 6) is 0.739. The van der Waals surface area contributed by atoms with Crippen LogP contribution in [0, 0.1) is 0 Å². The summed E-state index contributed by atoms with van der Waals surface area (Å²) in [7, 11) is 0. The van der Waals surface area contributed by atoms with Crippen LogP contribution in [0.2, 0.25) is 0 Å². The quantitative estimate of drug-likeness (QED) is 0.664. The first kappa shape index (κ1) is 15.9. The summed E-state index contributed by atoms with van der Waals surface area (Å²) >= 11 is 0. The molecule has 1 heterocycles. The van der Waals surface area contributed by atoms with Crippen molar-refractivity contribution >= 4 is 5.95 Å². The Morgan fingerprint density at radius 1 is 1.32 bits per heavy atom. The van der Waals surface area contributed by atoms with E-state index < -0.39 is 0 Å². The maximum absolute atomic E-state index is 8.93. The molecule has 0 unspecified atom stereocenters. The van der Waals surface area contributed by atoms with Gasteiger partial charge in [-0.25, -0.2) is 9.97 Å². The van der Waals surface area contributed by atoms with Gasteiger partial charge in [0.1, 0.15) is 0 Å². The molecule has 0 bridgehead atoms. The second-order valence-corrected chi connectivity index (χ2v) is 4.93. The highest BCUT2D eigenvalue weighted by atomic mass is 16.3. The molecule has 0 aliphatic rings. The summed E-state index contributed by atoms with van der Waals surface area (Å²) in [6.07, 6.45) is 5.61. The minimum absolute atomic E-state index is 0.197. The zero-order chi connectivity index (χ0) is 14.1. The van der Waals surface area contributed by atoms with Gasteiger partial charge in [-0.1, -0.05) is 6.92 Å². The normalized spacial score (nSPS) is 11.0. The topological polar surface area (TPSA) is 61.3 Å². The monoisotopic (exact) mass is 266 g/mol. The van der Waals surface area contributed by atoms with Crippen molar-refractivity contribution in [1.29, 1.82) is 0 Å². The fraction of sp³-hybridized carbons (Fsp3) is 0.714. The number of hydrogen-bond donors (Lipinski definition) is 2. The third kappa shape index (κ3) is 5.53. The smallest absolute Gasteiger partial charge is 0.225 e. The van der Waals surface area contributed by atoms with E-state index >= 15 is 0 Å². The minimum Gasteiger partial charge on any atom is -0.396 e. The van der Waals surface area contributed by atoms with Crippen molar-refractivity contribution in [1.82, 2.24) is 15.3 Å². The van der Waals surface area contributed by atoms with Crippen LogP contribution in [0.25, 0.3) is 0 Å². The molecule has 0 spiro atoms. The molecule has 1 aromatic heterocycles. The van der Waals surface area contributed by atoms with Crippen LogP contribution in [-0.4, -0.2) is 40.8 Å². The number of hydrogen-bond acceptors (Lipinski definition) is 5. The molecule has 0 saturated heterocycles. The van der Waals surface area contributed by atoms with E-state index in [9.17, 15) is 0 Å². The zero-order valence-corrected chi connectivity index (χ0v) is 12.3. The average molecular weight is 266 g/mol. The van der Waals surface area contributed by atoms with E-state index in [1.165, 1.54) is 0 Å². The summed E-state index contributed by atoms with van der Waals surface area (Å²) in [5.41, 5.74) is 1.10. The lowest BCUT2D eigenvalue weighted by molar-refractivity contribution is 0.288. The first-order chi connectivity index (χ1) is 9.19. The predicted octanol–water partition coefficient (Wildman–Crippen LogP) is 1.57. The number of aliphatic hydroxyl groups is 1. The van der Waals surface area contributed by atoms with Gasteiger partial charge in [-0.3, -0.25) is 0 Å². The van der Waals surface area contributed by atoms with Crippen LogP contribution >= 0.6 is 0 Å². The maximum atomic E-state index is 8.93. The number of aliphatic hydroxyl groups excluding tert-OH is 1. The van der Waals surface area contributed by atoms with Crippen LogP contribution in [-0.2, 0) is 6.54 Å². The Morgan fingerprint density at radius 2 is 2.00 bits per heavy atom. The predicted molar refractivity (Wildman–Crippen MR) is 78.2 cm³/mol. The molecule has 0 radical (unpaired) electrons. The van der Waals surface area contributed by atoms with Gasteiger partial charge in [0.05, 0.1) is 0 Å². The third-order valence-electron chi connectivity index (χ3n) is 2.88. The lowest BCUT2D eigenvalue weighted by Crippen LogP contribution is -2.33. The average Bonchev–Trinajstić information content (AvgIpc) is 2.41. The molecule has 0 fully saturated rings. The molecule has 2 N–H and O–H groups in total. The van der Waals surface area contributed by atoms with Crippen LogP contribution in [0.3, 0.4) is 0 Å². The molecule has 5 heteroatoms. The van der Waals surface area contributed by atoms with Gasteiger partial charge in [0.25, 0.3) is 0 Å². The maximum Gasteiger partial charge on any atom is 0.225 e. The largest absolute Gasteiger partial charge is 0.396 e. The number of nitrogens with one attached hydrogen (secondary N) is 1. The lowest BCUT2D eigenvalue weighted by Gasteiger charge is -2.26. The van der Waals surface area contributed by atoms with Gasteiger partial charge in [-0.15, -0.1) is 0 Å². The van der Waals surface area contributed by atoms with Crippen LogP contribution in [0.15, 0.2) is 12.4 Å². The van der Waals surface area contributed by atoms with Gasteiger partial charge in [0.15, 0.2) is 0 Å². The number of rotatable bonds is 9. The number of aromatic nitrogens is 2. The minimum atomic E-state index is 0.197. The molecular formula is C14H26N4O. The second kappa shape index (κ2) is 8.82. The third-order valence-corrected chi connectivity index (χ3v) is 2.88. The molecule has 0 amide bonds. The van der Waals surface area contributed by atoms with Crippen LogP contribution in [0.1, 0.15) is 39.2 Å². The summed E-state index contributed by atoms with van der Waals surface area (Å²) in [4.78, 5) is 11.0. The van der Waals surface area contributed by atoms with E-state index in [1.807, 2.05) is 12.4 Å². The molecule has 0 atom stereocenters.